The summed E-state index contributed by atoms with van der Waals surface area (Å²) >= 11 is 0. The van der Waals surface area contributed by atoms with Gasteiger partial charge in [0.2, 0.25) is 5.91 Å². The second kappa shape index (κ2) is 5.87. The van der Waals surface area contributed by atoms with Gasteiger partial charge in [-0.2, -0.15) is 5.10 Å². The van der Waals surface area contributed by atoms with Gasteiger partial charge in [-0.25, -0.2) is 8.78 Å². The highest BCUT2D eigenvalue weighted by molar-refractivity contribution is 5.95. The zero-order valence-electron chi connectivity index (χ0n) is 13.1. The van der Waals surface area contributed by atoms with E-state index in [9.17, 15) is 13.6 Å². The standard InChI is InChI=1S/C16H19F2N3O/c1-9-14(19-13(22)8-16(2,3)4)15(21-20-9)10-5-6-11(17)12(18)7-10/h5-7H,8H2,1-4H3,(H,19,22)(H,20,21). The summed E-state index contributed by atoms with van der Waals surface area (Å²) < 4.78 is 26.4. The minimum atomic E-state index is -0.954. The average molecular weight is 307 g/mol. The predicted molar refractivity (Wildman–Crippen MR) is 81.4 cm³/mol. The van der Waals surface area contributed by atoms with Crippen LogP contribution in [0.25, 0.3) is 11.3 Å². The van der Waals surface area contributed by atoms with Crippen LogP contribution in [0.4, 0.5) is 14.5 Å². The van der Waals surface area contributed by atoms with Gasteiger partial charge in [0.15, 0.2) is 11.6 Å². The lowest BCUT2D eigenvalue weighted by molar-refractivity contribution is -0.117. The molecule has 22 heavy (non-hydrogen) atoms. The minimum Gasteiger partial charge on any atom is -0.323 e. The maximum absolute atomic E-state index is 13.4. The lowest BCUT2D eigenvalue weighted by atomic mass is 9.92. The molecule has 1 aromatic carbocycles. The number of benzene rings is 1. The van der Waals surface area contributed by atoms with Crippen LogP contribution in [-0.4, -0.2) is 16.1 Å². The molecule has 0 saturated carbocycles. The largest absolute Gasteiger partial charge is 0.323 e. The van der Waals surface area contributed by atoms with Crippen molar-refractivity contribution >= 4 is 11.6 Å². The molecule has 6 heteroatoms. The van der Waals surface area contributed by atoms with Gasteiger partial charge in [0.1, 0.15) is 5.69 Å². The van der Waals surface area contributed by atoms with Gasteiger partial charge < -0.3 is 5.32 Å². The summed E-state index contributed by atoms with van der Waals surface area (Å²) in [7, 11) is 0. The molecule has 1 amide bonds. The van der Waals surface area contributed by atoms with Crippen LogP contribution in [0, 0.1) is 24.0 Å². The fourth-order valence-corrected chi connectivity index (χ4v) is 2.10. The molecular formula is C16H19F2N3O. The summed E-state index contributed by atoms with van der Waals surface area (Å²) in [6, 6.07) is 3.52. The summed E-state index contributed by atoms with van der Waals surface area (Å²) in [5.41, 5.74) is 1.78. The Balaban J connectivity index is 2.32. The Morgan fingerprint density at radius 1 is 1.27 bits per heavy atom. The van der Waals surface area contributed by atoms with Gasteiger partial charge >= 0.3 is 0 Å². The fraction of sp³-hybridized carbons (Fsp3) is 0.375. The van der Waals surface area contributed by atoms with Crippen LogP contribution >= 0.6 is 0 Å². The molecule has 0 atom stereocenters. The Bertz CT molecular complexity index is 702. The highest BCUT2D eigenvalue weighted by Crippen LogP contribution is 2.30. The molecule has 0 saturated heterocycles. The number of H-pyrrole nitrogens is 1. The van der Waals surface area contributed by atoms with Crippen LogP contribution in [0.15, 0.2) is 18.2 Å². The van der Waals surface area contributed by atoms with Crippen LogP contribution < -0.4 is 5.32 Å². The topological polar surface area (TPSA) is 57.8 Å². The van der Waals surface area contributed by atoms with Gasteiger partial charge in [0, 0.05) is 12.0 Å². The van der Waals surface area contributed by atoms with Gasteiger partial charge in [0.05, 0.1) is 11.4 Å². The second-order valence-corrected chi connectivity index (χ2v) is 6.49. The zero-order valence-corrected chi connectivity index (χ0v) is 13.1. The first kappa shape index (κ1) is 16.1. The van der Waals surface area contributed by atoms with E-state index in [0.717, 1.165) is 12.1 Å². The summed E-state index contributed by atoms with van der Waals surface area (Å²) in [6.07, 6.45) is 0.342. The average Bonchev–Trinajstić information content (AvgIpc) is 2.72. The Labute approximate surface area is 127 Å². The highest BCUT2D eigenvalue weighted by atomic mass is 19.2. The highest BCUT2D eigenvalue weighted by Gasteiger charge is 2.20. The molecule has 0 aliphatic carbocycles. The Morgan fingerprint density at radius 2 is 1.95 bits per heavy atom. The van der Waals surface area contributed by atoms with E-state index in [1.807, 2.05) is 20.8 Å². The van der Waals surface area contributed by atoms with Crippen molar-refractivity contribution in [3.05, 3.63) is 35.5 Å². The van der Waals surface area contributed by atoms with Gasteiger partial charge in [-0.05, 0) is 30.5 Å². The third-order valence-corrected chi connectivity index (χ3v) is 3.10. The Hall–Kier alpha value is -2.24. The quantitative estimate of drug-likeness (QED) is 0.899. The smallest absolute Gasteiger partial charge is 0.225 e. The van der Waals surface area contributed by atoms with E-state index in [-0.39, 0.29) is 11.3 Å². The molecule has 0 bridgehead atoms. The molecule has 2 rings (SSSR count). The summed E-state index contributed by atoms with van der Waals surface area (Å²) in [6.45, 7) is 7.64. The van der Waals surface area contributed by atoms with Crippen molar-refractivity contribution < 1.29 is 13.6 Å². The van der Waals surface area contributed by atoms with E-state index in [1.54, 1.807) is 6.92 Å². The summed E-state index contributed by atoms with van der Waals surface area (Å²) in [4.78, 5) is 12.1. The first-order valence-electron chi connectivity index (χ1n) is 6.97. The molecular weight excluding hydrogens is 288 g/mol. The molecule has 0 aliphatic heterocycles. The monoisotopic (exact) mass is 307 g/mol. The number of aromatic nitrogens is 2. The molecule has 0 aliphatic rings. The van der Waals surface area contributed by atoms with Crippen LogP contribution in [0.2, 0.25) is 0 Å². The number of aromatic amines is 1. The van der Waals surface area contributed by atoms with E-state index in [0.29, 0.717) is 29.1 Å². The number of nitrogens with one attached hydrogen (secondary N) is 2. The molecule has 2 aromatic rings. The third-order valence-electron chi connectivity index (χ3n) is 3.10. The maximum atomic E-state index is 13.4. The van der Waals surface area contributed by atoms with Crippen molar-refractivity contribution in [2.24, 2.45) is 5.41 Å². The Morgan fingerprint density at radius 3 is 2.55 bits per heavy atom. The maximum Gasteiger partial charge on any atom is 0.225 e. The first-order chi connectivity index (χ1) is 10.2. The fourth-order valence-electron chi connectivity index (χ4n) is 2.10. The number of rotatable bonds is 3. The number of aryl methyl sites for hydroxylation is 1. The SMILES string of the molecule is Cc1[nH]nc(-c2ccc(F)c(F)c2)c1NC(=O)CC(C)(C)C. The second-order valence-electron chi connectivity index (χ2n) is 6.49. The van der Waals surface area contributed by atoms with Crippen molar-refractivity contribution in [2.45, 2.75) is 34.1 Å². The normalized spacial score (nSPS) is 11.5. The van der Waals surface area contributed by atoms with Gasteiger partial charge in [-0.1, -0.05) is 20.8 Å². The molecule has 0 radical (unpaired) electrons. The molecule has 1 heterocycles. The summed E-state index contributed by atoms with van der Waals surface area (Å²) in [5.74, 6) is -2.03. The third kappa shape index (κ3) is 3.69. The number of anilines is 1. The number of carbonyl (C=O) groups is 1. The van der Waals surface area contributed by atoms with Crippen LogP contribution in [0.1, 0.15) is 32.9 Å². The molecule has 0 unspecified atom stereocenters. The minimum absolute atomic E-state index is 0.149. The zero-order chi connectivity index (χ0) is 16.5. The number of hydrogen-bond acceptors (Lipinski definition) is 2. The number of halogens is 2. The van der Waals surface area contributed by atoms with E-state index < -0.39 is 11.6 Å². The van der Waals surface area contributed by atoms with E-state index in [1.165, 1.54) is 6.07 Å². The van der Waals surface area contributed by atoms with Crippen LogP contribution in [-0.2, 0) is 4.79 Å². The summed E-state index contributed by atoms with van der Waals surface area (Å²) in [5, 5.41) is 9.63. The molecule has 4 nitrogen and oxygen atoms in total. The van der Waals surface area contributed by atoms with Gasteiger partial charge in [-0.3, -0.25) is 9.89 Å². The number of hydrogen-bond donors (Lipinski definition) is 2. The van der Waals surface area contributed by atoms with E-state index in [2.05, 4.69) is 15.5 Å². The lowest BCUT2D eigenvalue weighted by Crippen LogP contribution is -2.20. The lowest BCUT2D eigenvalue weighted by Gasteiger charge is -2.17. The van der Waals surface area contributed by atoms with Crippen molar-refractivity contribution in [2.75, 3.05) is 5.32 Å². The molecule has 0 spiro atoms. The molecule has 1 aromatic heterocycles. The predicted octanol–water partition coefficient (Wildman–Crippen LogP) is 4.04. The number of nitrogens with zero attached hydrogens (tertiary/aromatic N) is 1. The number of amides is 1. The van der Waals surface area contributed by atoms with Crippen molar-refractivity contribution in [1.82, 2.24) is 10.2 Å². The molecule has 118 valence electrons. The van der Waals surface area contributed by atoms with Crippen molar-refractivity contribution in [3.63, 3.8) is 0 Å². The first-order valence-corrected chi connectivity index (χ1v) is 6.97. The van der Waals surface area contributed by atoms with E-state index in [4.69, 9.17) is 0 Å². The molecule has 0 fully saturated rings. The molecule has 2 N–H and O–H groups in total. The Kier molecular flexibility index (Phi) is 4.30. The van der Waals surface area contributed by atoms with Crippen LogP contribution in [0.3, 0.4) is 0 Å². The van der Waals surface area contributed by atoms with Gasteiger partial charge in [-0.15, -0.1) is 0 Å². The number of carbonyl (C=O) groups excluding carboxylic acids is 1. The van der Waals surface area contributed by atoms with Crippen molar-refractivity contribution in [1.29, 1.82) is 0 Å². The van der Waals surface area contributed by atoms with Gasteiger partial charge in [0.25, 0.3) is 0 Å². The van der Waals surface area contributed by atoms with Crippen molar-refractivity contribution in [3.8, 4) is 11.3 Å². The van der Waals surface area contributed by atoms with E-state index >= 15 is 0 Å². The van der Waals surface area contributed by atoms with Crippen LogP contribution in [0.5, 0.6) is 0 Å².